The predicted octanol–water partition coefficient (Wildman–Crippen LogP) is 5.25. The fourth-order valence-electron chi connectivity index (χ4n) is 5.30. The van der Waals surface area contributed by atoms with E-state index in [0.717, 1.165) is 22.7 Å². The van der Waals surface area contributed by atoms with E-state index in [0.29, 0.717) is 34.9 Å². The molecule has 0 N–H and O–H groups in total. The summed E-state index contributed by atoms with van der Waals surface area (Å²) >= 11 is 0. The first kappa shape index (κ1) is 23.6. The second kappa shape index (κ2) is 9.71. The van der Waals surface area contributed by atoms with Crippen molar-refractivity contribution in [2.45, 2.75) is 0 Å². The maximum atomic E-state index is 4.73. The highest BCUT2D eigenvalue weighted by molar-refractivity contribution is 5.98. The van der Waals surface area contributed by atoms with Crippen molar-refractivity contribution in [1.29, 1.82) is 0 Å². The normalized spacial score (nSPS) is 13.9. The zero-order valence-electron chi connectivity index (χ0n) is 21.9. The van der Waals surface area contributed by atoms with Gasteiger partial charge in [0.2, 0.25) is 0 Å². The number of para-hydroxylation sites is 4. The summed E-state index contributed by atoms with van der Waals surface area (Å²) in [5, 5.41) is 0. The van der Waals surface area contributed by atoms with Crippen LogP contribution in [0.2, 0.25) is 0 Å². The van der Waals surface area contributed by atoms with Crippen molar-refractivity contribution in [3.8, 4) is 0 Å². The highest BCUT2D eigenvalue weighted by Gasteiger charge is 2.45. The van der Waals surface area contributed by atoms with Crippen LogP contribution in [0.1, 0.15) is 0 Å². The lowest BCUT2D eigenvalue weighted by Gasteiger charge is -2.32. The van der Waals surface area contributed by atoms with Crippen molar-refractivity contribution in [2.75, 3.05) is 19.6 Å². The van der Waals surface area contributed by atoms with E-state index in [4.69, 9.17) is 19.9 Å². The minimum atomic E-state index is 0.619. The smallest absolute Gasteiger partial charge is 0.168 e. The SMILES string of the molecule is c1ccc2c(c1)N(c1cnccn1)C(=C1N(c3cnccn3)c3ccccc3N1c1cnccn1)N2c1cnccn1. The standard InChI is InChI=1S/C30H20N12/c1-2-6-22-21(5-1)39(25-17-31-9-13-35-25)29(40(22)26-18-32-10-14-36-26)30-41(27-19-33-11-15-37-27)23-7-3-4-8-24(23)42(30)28-20-34-12-16-38-28/h1-20H. The van der Waals surface area contributed by atoms with E-state index < -0.39 is 0 Å². The van der Waals surface area contributed by atoms with Crippen LogP contribution < -0.4 is 19.6 Å². The van der Waals surface area contributed by atoms with Gasteiger partial charge in [-0.3, -0.25) is 39.5 Å². The molecule has 0 spiro atoms. The molecule has 6 heterocycles. The molecule has 0 unspecified atom stereocenters. The molecule has 0 saturated carbocycles. The number of nitrogens with zero attached hydrogens (tertiary/aromatic N) is 12. The van der Waals surface area contributed by atoms with Gasteiger partial charge in [-0.25, -0.2) is 19.9 Å². The molecule has 8 rings (SSSR count). The lowest BCUT2D eigenvalue weighted by atomic mass is 10.2. The van der Waals surface area contributed by atoms with Crippen LogP contribution in [0, 0.1) is 0 Å². The molecule has 6 aromatic rings. The van der Waals surface area contributed by atoms with Gasteiger partial charge < -0.3 is 0 Å². The molecule has 0 saturated heterocycles. The Hall–Kier alpha value is -6.30. The molecule has 200 valence electrons. The van der Waals surface area contributed by atoms with Crippen molar-refractivity contribution < 1.29 is 0 Å². The first-order chi connectivity index (χ1) is 20.9. The molecule has 0 atom stereocenters. The summed E-state index contributed by atoms with van der Waals surface area (Å²) in [4.78, 5) is 44.8. The van der Waals surface area contributed by atoms with E-state index in [1.54, 1.807) is 74.4 Å². The highest BCUT2D eigenvalue weighted by atomic mass is 15.5. The zero-order chi connectivity index (χ0) is 27.9. The molecule has 2 aromatic carbocycles. The van der Waals surface area contributed by atoms with Gasteiger partial charge in [-0.15, -0.1) is 0 Å². The molecule has 12 heteroatoms. The number of hydrogen-bond donors (Lipinski definition) is 0. The van der Waals surface area contributed by atoms with E-state index in [-0.39, 0.29) is 0 Å². The molecule has 2 aliphatic rings. The summed E-state index contributed by atoms with van der Waals surface area (Å²) in [6.45, 7) is 0. The summed E-state index contributed by atoms with van der Waals surface area (Å²) in [7, 11) is 0. The van der Waals surface area contributed by atoms with Gasteiger partial charge in [0, 0.05) is 49.6 Å². The van der Waals surface area contributed by atoms with Crippen LogP contribution in [0.3, 0.4) is 0 Å². The van der Waals surface area contributed by atoms with Gasteiger partial charge in [0.25, 0.3) is 0 Å². The molecule has 0 radical (unpaired) electrons. The van der Waals surface area contributed by atoms with Gasteiger partial charge >= 0.3 is 0 Å². The van der Waals surface area contributed by atoms with Crippen molar-refractivity contribution >= 4 is 46.0 Å². The Balaban J connectivity index is 1.53. The Labute approximate surface area is 240 Å². The summed E-state index contributed by atoms with van der Waals surface area (Å²) in [6.07, 6.45) is 20.3. The topological polar surface area (TPSA) is 116 Å². The number of aromatic nitrogens is 8. The Morgan fingerprint density at radius 2 is 0.595 bits per heavy atom. The monoisotopic (exact) mass is 548 g/mol. The largest absolute Gasteiger partial charge is 0.274 e. The van der Waals surface area contributed by atoms with Gasteiger partial charge in [-0.1, -0.05) is 24.3 Å². The van der Waals surface area contributed by atoms with Crippen LogP contribution in [0.15, 0.2) is 135 Å². The average Bonchev–Trinajstić information content (AvgIpc) is 3.59. The Kier molecular flexibility index (Phi) is 5.45. The molecule has 0 bridgehead atoms. The molecule has 42 heavy (non-hydrogen) atoms. The quantitative estimate of drug-likeness (QED) is 0.286. The number of anilines is 8. The van der Waals surface area contributed by atoms with Crippen molar-refractivity contribution in [3.63, 3.8) is 0 Å². The second-order valence-corrected chi connectivity index (χ2v) is 9.22. The average molecular weight is 549 g/mol. The van der Waals surface area contributed by atoms with E-state index in [2.05, 4.69) is 39.5 Å². The van der Waals surface area contributed by atoms with Gasteiger partial charge in [0.15, 0.2) is 34.9 Å². The fraction of sp³-hybridized carbons (Fsp3) is 0. The summed E-state index contributed by atoms with van der Waals surface area (Å²) in [5.74, 6) is 3.90. The first-order valence-corrected chi connectivity index (χ1v) is 13.1. The van der Waals surface area contributed by atoms with Crippen molar-refractivity contribution in [3.05, 3.63) is 135 Å². The minimum Gasteiger partial charge on any atom is -0.274 e. The molecular formula is C30H20N12. The van der Waals surface area contributed by atoms with E-state index in [1.807, 2.05) is 48.5 Å². The summed E-state index contributed by atoms with van der Waals surface area (Å²) in [6, 6.07) is 16.2. The van der Waals surface area contributed by atoms with Crippen LogP contribution in [0.5, 0.6) is 0 Å². The van der Waals surface area contributed by atoms with Crippen LogP contribution in [0.4, 0.5) is 46.0 Å². The van der Waals surface area contributed by atoms with Gasteiger partial charge in [-0.2, -0.15) is 0 Å². The van der Waals surface area contributed by atoms with Crippen molar-refractivity contribution in [2.24, 2.45) is 0 Å². The third-order valence-electron chi connectivity index (χ3n) is 6.89. The lowest BCUT2D eigenvalue weighted by molar-refractivity contribution is 0.949. The highest BCUT2D eigenvalue weighted by Crippen LogP contribution is 2.55. The van der Waals surface area contributed by atoms with Crippen LogP contribution >= 0.6 is 0 Å². The first-order valence-electron chi connectivity index (χ1n) is 13.1. The lowest BCUT2D eigenvalue weighted by Crippen LogP contribution is -2.34. The number of fused-ring (bicyclic) bond motifs is 2. The van der Waals surface area contributed by atoms with Gasteiger partial charge in [0.1, 0.15) is 0 Å². The molecule has 0 amide bonds. The van der Waals surface area contributed by atoms with Crippen LogP contribution in [0.25, 0.3) is 0 Å². The van der Waals surface area contributed by atoms with E-state index in [1.165, 1.54) is 0 Å². The predicted molar refractivity (Wildman–Crippen MR) is 157 cm³/mol. The Morgan fingerprint density at radius 1 is 0.333 bits per heavy atom. The van der Waals surface area contributed by atoms with Gasteiger partial charge in [0.05, 0.1) is 47.5 Å². The van der Waals surface area contributed by atoms with E-state index in [9.17, 15) is 0 Å². The Bertz CT molecular complexity index is 1630. The van der Waals surface area contributed by atoms with Crippen molar-refractivity contribution in [1.82, 2.24) is 39.9 Å². The second-order valence-electron chi connectivity index (χ2n) is 9.22. The summed E-state index contributed by atoms with van der Waals surface area (Å²) < 4.78 is 0. The van der Waals surface area contributed by atoms with Gasteiger partial charge in [-0.05, 0) is 24.3 Å². The van der Waals surface area contributed by atoms with Crippen LogP contribution in [-0.4, -0.2) is 39.9 Å². The van der Waals surface area contributed by atoms with Crippen LogP contribution in [-0.2, 0) is 0 Å². The number of hydrogen-bond acceptors (Lipinski definition) is 12. The molecule has 0 aliphatic carbocycles. The number of benzene rings is 2. The minimum absolute atomic E-state index is 0.619. The summed E-state index contributed by atoms with van der Waals surface area (Å²) in [5.41, 5.74) is 3.56. The maximum absolute atomic E-state index is 4.73. The molecule has 2 aliphatic heterocycles. The molecule has 12 nitrogen and oxygen atoms in total. The van der Waals surface area contributed by atoms with E-state index >= 15 is 0 Å². The zero-order valence-corrected chi connectivity index (χ0v) is 21.9. The maximum Gasteiger partial charge on any atom is 0.168 e. The fourth-order valence-corrected chi connectivity index (χ4v) is 5.30. The Morgan fingerprint density at radius 3 is 0.810 bits per heavy atom. The third-order valence-corrected chi connectivity index (χ3v) is 6.89. The number of rotatable bonds is 4. The molecule has 0 fully saturated rings. The molecular weight excluding hydrogens is 528 g/mol. The third kappa shape index (κ3) is 3.63. The molecule has 4 aromatic heterocycles.